The third-order valence-electron chi connectivity index (χ3n) is 2.22. The van der Waals surface area contributed by atoms with Crippen molar-refractivity contribution in [1.29, 1.82) is 0 Å². The van der Waals surface area contributed by atoms with Gasteiger partial charge in [-0.1, -0.05) is 17.7 Å². The lowest BCUT2D eigenvalue weighted by Crippen LogP contribution is -2.06. The first-order chi connectivity index (χ1) is 6.70. The Kier molecular flexibility index (Phi) is 2.32. The molecule has 0 radical (unpaired) electrons. The number of rotatable bonds is 2. The highest BCUT2D eigenvalue weighted by Crippen LogP contribution is 2.22. The summed E-state index contributed by atoms with van der Waals surface area (Å²) in [6.45, 7) is 3.65. The van der Waals surface area contributed by atoms with Gasteiger partial charge >= 0.3 is 0 Å². The molecule has 0 aliphatic heterocycles. The molecule has 0 bridgehead atoms. The van der Waals surface area contributed by atoms with Crippen molar-refractivity contribution in [3.05, 3.63) is 47.6 Å². The van der Waals surface area contributed by atoms with E-state index < -0.39 is 0 Å². The van der Waals surface area contributed by atoms with Crippen molar-refractivity contribution >= 4 is 22.5 Å². The van der Waals surface area contributed by atoms with Crippen molar-refractivity contribution < 1.29 is 0 Å². The predicted molar refractivity (Wildman–Crippen MR) is 60.4 cm³/mol. The summed E-state index contributed by atoms with van der Waals surface area (Å²) in [5.41, 5.74) is 7.81. The number of nitrogens with one attached hydrogen (secondary N) is 1. The zero-order chi connectivity index (χ0) is 10.1. The van der Waals surface area contributed by atoms with E-state index in [4.69, 9.17) is 17.3 Å². The highest BCUT2D eigenvalue weighted by molar-refractivity contribution is 6.31. The average Bonchev–Trinajstić information content (AvgIpc) is 2.59. The maximum absolute atomic E-state index is 5.88. The van der Waals surface area contributed by atoms with Gasteiger partial charge in [0.2, 0.25) is 0 Å². The van der Waals surface area contributed by atoms with Crippen LogP contribution in [-0.4, -0.2) is 4.98 Å². The molecule has 0 saturated carbocycles. The fourth-order valence-electron chi connectivity index (χ4n) is 1.43. The standard InChI is InChI=1S/C11H11ClN2/c1-2-9(13)11-6-7-5-8(12)3-4-10(7)14-11/h2-6,9,14H,1,13H2/t9-/m0/s1. The molecule has 0 fully saturated rings. The molecule has 72 valence electrons. The van der Waals surface area contributed by atoms with Crippen molar-refractivity contribution in [2.75, 3.05) is 0 Å². The summed E-state index contributed by atoms with van der Waals surface area (Å²) in [6.07, 6.45) is 1.70. The van der Waals surface area contributed by atoms with E-state index in [9.17, 15) is 0 Å². The maximum atomic E-state index is 5.88. The highest BCUT2D eigenvalue weighted by atomic mass is 35.5. The minimum absolute atomic E-state index is 0.152. The zero-order valence-corrected chi connectivity index (χ0v) is 8.38. The van der Waals surface area contributed by atoms with E-state index in [1.165, 1.54) is 0 Å². The van der Waals surface area contributed by atoms with Crippen molar-refractivity contribution in [2.45, 2.75) is 6.04 Å². The number of nitrogens with two attached hydrogens (primary N) is 1. The summed E-state index contributed by atoms with van der Waals surface area (Å²) in [5.74, 6) is 0. The number of H-pyrrole nitrogens is 1. The van der Waals surface area contributed by atoms with Gasteiger partial charge in [-0.25, -0.2) is 0 Å². The summed E-state index contributed by atoms with van der Waals surface area (Å²) < 4.78 is 0. The van der Waals surface area contributed by atoms with Gasteiger partial charge in [0, 0.05) is 21.6 Å². The molecule has 0 aliphatic carbocycles. The van der Waals surface area contributed by atoms with E-state index >= 15 is 0 Å². The highest BCUT2D eigenvalue weighted by Gasteiger charge is 2.05. The fraction of sp³-hybridized carbons (Fsp3) is 0.0909. The van der Waals surface area contributed by atoms with Gasteiger partial charge in [0.05, 0.1) is 6.04 Å². The predicted octanol–water partition coefficient (Wildman–Crippen LogP) is 3.01. The van der Waals surface area contributed by atoms with Crippen LogP contribution in [0.2, 0.25) is 5.02 Å². The van der Waals surface area contributed by atoms with E-state index in [1.807, 2.05) is 24.3 Å². The first kappa shape index (κ1) is 9.31. The lowest BCUT2D eigenvalue weighted by Gasteiger charge is -2.00. The molecule has 1 atom stereocenters. The number of aromatic nitrogens is 1. The average molecular weight is 207 g/mol. The number of fused-ring (bicyclic) bond motifs is 1. The molecule has 1 aromatic heterocycles. The Bertz CT molecular complexity index is 473. The Labute approximate surface area is 87.4 Å². The molecule has 0 spiro atoms. The van der Waals surface area contributed by atoms with Crippen LogP contribution < -0.4 is 5.73 Å². The van der Waals surface area contributed by atoms with Crippen molar-refractivity contribution in [1.82, 2.24) is 4.98 Å². The molecule has 0 unspecified atom stereocenters. The molecule has 1 heterocycles. The van der Waals surface area contributed by atoms with Crippen LogP contribution in [0.5, 0.6) is 0 Å². The monoisotopic (exact) mass is 206 g/mol. The zero-order valence-electron chi connectivity index (χ0n) is 7.63. The number of hydrogen-bond donors (Lipinski definition) is 2. The van der Waals surface area contributed by atoms with Crippen LogP contribution in [0, 0.1) is 0 Å². The molecule has 3 N–H and O–H groups in total. The van der Waals surface area contributed by atoms with Crippen LogP contribution in [0.1, 0.15) is 11.7 Å². The Balaban J connectivity index is 2.56. The SMILES string of the molecule is C=C[C@H](N)c1cc2cc(Cl)ccc2[nH]1. The van der Waals surface area contributed by atoms with E-state index in [2.05, 4.69) is 11.6 Å². The van der Waals surface area contributed by atoms with Crippen molar-refractivity contribution in [3.63, 3.8) is 0 Å². The molecule has 14 heavy (non-hydrogen) atoms. The number of halogens is 1. The lowest BCUT2D eigenvalue weighted by atomic mass is 10.2. The minimum Gasteiger partial charge on any atom is -0.357 e. The molecule has 2 rings (SSSR count). The fourth-order valence-corrected chi connectivity index (χ4v) is 1.61. The third-order valence-corrected chi connectivity index (χ3v) is 2.45. The van der Waals surface area contributed by atoms with Gasteiger partial charge in [0.1, 0.15) is 0 Å². The second-order valence-corrected chi connectivity index (χ2v) is 3.65. The smallest absolute Gasteiger partial charge is 0.0631 e. The van der Waals surface area contributed by atoms with Gasteiger partial charge in [0.15, 0.2) is 0 Å². The van der Waals surface area contributed by atoms with Gasteiger partial charge in [-0.05, 0) is 24.3 Å². The summed E-state index contributed by atoms with van der Waals surface area (Å²) in [5, 5.41) is 1.81. The molecular formula is C11H11ClN2. The Hall–Kier alpha value is -1.25. The first-order valence-electron chi connectivity index (χ1n) is 4.37. The van der Waals surface area contributed by atoms with E-state index in [0.29, 0.717) is 0 Å². The van der Waals surface area contributed by atoms with Crippen LogP contribution in [0.25, 0.3) is 10.9 Å². The van der Waals surface area contributed by atoms with E-state index in [0.717, 1.165) is 21.6 Å². The van der Waals surface area contributed by atoms with E-state index in [-0.39, 0.29) is 6.04 Å². The van der Waals surface area contributed by atoms with Crippen LogP contribution in [0.3, 0.4) is 0 Å². The number of hydrogen-bond acceptors (Lipinski definition) is 1. The largest absolute Gasteiger partial charge is 0.357 e. The Morgan fingerprint density at radius 1 is 1.43 bits per heavy atom. The quantitative estimate of drug-likeness (QED) is 0.729. The maximum Gasteiger partial charge on any atom is 0.0631 e. The van der Waals surface area contributed by atoms with Gasteiger partial charge in [0.25, 0.3) is 0 Å². The molecule has 1 aromatic carbocycles. The Morgan fingerprint density at radius 2 is 2.21 bits per heavy atom. The molecule has 3 heteroatoms. The summed E-state index contributed by atoms with van der Waals surface area (Å²) in [4.78, 5) is 3.22. The molecule has 2 aromatic rings. The third kappa shape index (κ3) is 1.54. The molecule has 0 amide bonds. The normalized spacial score (nSPS) is 13.0. The van der Waals surface area contributed by atoms with Crippen LogP contribution in [0.15, 0.2) is 36.9 Å². The second kappa shape index (κ2) is 3.48. The molecule has 2 nitrogen and oxygen atoms in total. The van der Waals surface area contributed by atoms with Gasteiger partial charge in [-0.15, -0.1) is 6.58 Å². The van der Waals surface area contributed by atoms with E-state index in [1.54, 1.807) is 6.08 Å². The second-order valence-electron chi connectivity index (χ2n) is 3.22. The van der Waals surface area contributed by atoms with Gasteiger partial charge < -0.3 is 10.7 Å². The van der Waals surface area contributed by atoms with Crippen LogP contribution in [0.4, 0.5) is 0 Å². The summed E-state index contributed by atoms with van der Waals surface area (Å²) in [6, 6.07) is 7.54. The summed E-state index contributed by atoms with van der Waals surface area (Å²) >= 11 is 5.88. The van der Waals surface area contributed by atoms with Crippen LogP contribution in [-0.2, 0) is 0 Å². The minimum atomic E-state index is -0.152. The van der Waals surface area contributed by atoms with Gasteiger partial charge in [-0.3, -0.25) is 0 Å². The molecule has 0 saturated heterocycles. The summed E-state index contributed by atoms with van der Waals surface area (Å²) in [7, 11) is 0. The van der Waals surface area contributed by atoms with Crippen molar-refractivity contribution in [2.24, 2.45) is 5.73 Å². The first-order valence-corrected chi connectivity index (χ1v) is 4.75. The topological polar surface area (TPSA) is 41.8 Å². The number of benzene rings is 1. The number of aromatic amines is 1. The van der Waals surface area contributed by atoms with Gasteiger partial charge in [-0.2, -0.15) is 0 Å². The molecular weight excluding hydrogens is 196 g/mol. The van der Waals surface area contributed by atoms with Crippen molar-refractivity contribution in [3.8, 4) is 0 Å². The van der Waals surface area contributed by atoms with Crippen LogP contribution >= 0.6 is 11.6 Å². The lowest BCUT2D eigenvalue weighted by molar-refractivity contribution is 0.880. The molecule has 0 aliphatic rings. The Morgan fingerprint density at radius 3 is 2.93 bits per heavy atom.